The molecule has 0 spiro atoms. The summed E-state index contributed by atoms with van der Waals surface area (Å²) in [5.74, 6) is 0.375. The second-order valence-electron chi connectivity index (χ2n) is 8.24. The quantitative estimate of drug-likeness (QED) is 0.386. The molecule has 3 aromatic rings. The van der Waals surface area contributed by atoms with E-state index < -0.39 is 0 Å². The summed E-state index contributed by atoms with van der Waals surface area (Å²) >= 11 is 0. The van der Waals surface area contributed by atoms with Crippen LogP contribution in [0.15, 0.2) is 78.4 Å². The van der Waals surface area contributed by atoms with Crippen LogP contribution < -0.4 is 0 Å². The van der Waals surface area contributed by atoms with Gasteiger partial charge in [0.25, 0.3) is 0 Å². The van der Waals surface area contributed by atoms with Gasteiger partial charge in [-0.25, -0.2) is 0 Å². The van der Waals surface area contributed by atoms with Gasteiger partial charge in [-0.05, 0) is 63.8 Å². The van der Waals surface area contributed by atoms with Gasteiger partial charge in [-0.3, -0.25) is 0 Å². The van der Waals surface area contributed by atoms with Crippen molar-refractivity contribution >= 4 is 20.0 Å². The SMILES string of the molecule is CCCPC1=CC(c2cccc(-c3cccc4c3C=C(C)C4)c2)c2ccccc21. The van der Waals surface area contributed by atoms with Crippen LogP contribution in [-0.4, -0.2) is 6.16 Å². The second-order valence-corrected chi connectivity index (χ2v) is 9.64. The molecule has 3 aromatic carbocycles. The molecule has 0 fully saturated rings. The Hall–Kier alpha value is -2.43. The van der Waals surface area contributed by atoms with Gasteiger partial charge in [0.05, 0.1) is 0 Å². The molecule has 2 aliphatic carbocycles. The normalized spacial score (nSPS) is 17.4. The average Bonchev–Trinajstić information content (AvgIpc) is 3.32. The van der Waals surface area contributed by atoms with Gasteiger partial charge in [-0.15, -0.1) is 0 Å². The number of benzene rings is 3. The van der Waals surface area contributed by atoms with Gasteiger partial charge in [0.15, 0.2) is 0 Å². The molecule has 0 heterocycles. The lowest BCUT2D eigenvalue weighted by atomic mass is 9.89. The van der Waals surface area contributed by atoms with Gasteiger partial charge >= 0.3 is 0 Å². The molecule has 1 heteroatoms. The number of rotatable bonds is 5. The highest BCUT2D eigenvalue weighted by Crippen LogP contribution is 2.48. The van der Waals surface area contributed by atoms with Crippen LogP contribution in [0.5, 0.6) is 0 Å². The molecule has 0 aliphatic heterocycles. The molecule has 2 aliphatic rings. The minimum absolute atomic E-state index is 0.375. The van der Waals surface area contributed by atoms with Gasteiger partial charge in [0.2, 0.25) is 0 Å². The van der Waals surface area contributed by atoms with Crippen molar-refractivity contribution in [3.05, 3.63) is 106 Å². The van der Waals surface area contributed by atoms with E-state index in [0.717, 1.165) is 15.0 Å². The van der Waals surface area contributed by atoms with Gasteiger partial charge < -0.3 is 0 Å². The molecule has 29 heavy (non-hydrogen) atoms. The molecular formula is C28H27P. The first-order valence-corrected chi connectivity index (χ1v) is 11.9. The van der Waals surface area contributed by atoms with Gasteiger partial charge in [-0.1, -0.05) is 106 Å². The topological polar surface area (TPSA) is 0 Å². The summed E-state index contributed by atoms with van der Waals surface area (Å²) in [6.07, 6.45) is 8.52. The number of hydrogen-bond acceptors (Lipinski definition) is 0. The Bertz CT molecular complexity index is 1130. The predicted octanol–water partition coefficient (Wildman–Crippen LogP) is 7.89. The molecule has 0 amide bonds. The Morgan fingerprint density at radius 3 is 2.66 bits per heavy atom. The van der Waals surface area contributed by atoms with Crippen LogP contribution in [0.1, 0.15) is 54.0 Å². The molecule has 0 N–H and O–H groups in total. The van der Waals surface area contributed by atoms with Crippen LogP contribution in [0.25, 0.3) is 22.5 Å². The lowest BCUT2D eigenvalue weighted by molar-refractivity contribution is 1.05. The minimum atomic E-state index is 0.375. The zero-order valence-corrected chi connectivity index (χ0v) is 18.2. The van der Waals surface area contributed by atoms with Crippen molar-refractivity contribution in [3.63, 3.8) is 0 Å². The highest BCUT2D eigenvalue weighted by atomic mass is 31.1. The van der Waals surface area contributed by atoms with Crippen LogP contribution in [0.4, 0.5) is 0 Å². The maximum absolute atomic E-state index is 2.53. The fourth-order valence-corrected chi connectivity index (χ4v) is 5.96. The lowest BCUT2D eigenvalue weighted by Gasteiger charge is -2.14. The molecule has 2 unspecified atom stereocenters. The molecule has 0 saturated heterocycles. The Labute approximate surface area is 176 Å². The predicted molar refractivity (Wildman–Crippen MR) is 129 cm³/mol. The maximum Gasteiger partial charge on any atom is 0.0285 e. The molecule has 0 aromatic heterocycles. The monoisotopic (exact) mass is 394 g/mol. The van der Waals surface area contributed by atoms with E-state index in [1.807, 2.05) is 0 Å². The smallest absolute Gasteiger partial charge is 0.0285 e. The minimum Gasteiger partial charge on any atom is -0.0901 e. The van der Waals surface area contributed by atoms with Crippen LogP contribution in [0.2, 0.25) is 0 Å². The van der Waals surface area contributed by atoms with Crippen LogP contribution >= 0.6 is 8.58 Å². The first-order chi connectivity index (χ1) is 14.2. The molecule has 0 radical (unpaired) electrons. The van der Waals surface area contributed by atoms with E-state index >= 15 is 0 Å². The van der Waals surface area contributed by atoms with Crippen molar-refractivity contribution in [2.75, 3.05) is 6.16 Å². The first kappa shape index (κ1) is 18.6. The fourth-order valence-electron chi connectivity index (χ4n) is 4.74. The average molecular weight is 394 g/mol. The zero-order valence-electron chi connectivity index (χ0n) is 17.2. The van der Waals surface area contributed by atoms with Gasteiger partial charge in [-0.2, -0.15) is 0 Å². The number of hydrogen-bond donors (Lipinski definition) is 0. The van der Waals surface area contributed by atoms with Crippen LogP contribution in [-0.2, 0) is 6.42 Å². The van der Waals surface area contributed by atoms with Crippen molar-refractivity contribution in [2.24, 2.45) is 0 Å². The Kier molecular flexibility index (Phi) is 4.98. The summed E-state index contributed by atoms with van der Waals surface area (Å²) in [4.78, 5) is 0. The number of fused-ring (bicyclic) bond motifs is 2. The van der Waals surface area contributed by atoms with Crippen molar-refractivity contribution in [1.29, 1.82) is 0 Å². The fraction of sp³-hybridized carbons (Fsp3) is 0.214. The van der Waals surface area contributed by atoms with Crippen molar-refractivity contribution in [1.82, 2.24) is 0 Å². The van der Waals surface area contributed by atoms with E-state index in [-0.39, 0.29) is 0 Å². The van der Waals surface area contributed by atoms with Gasteiger partial charge in [0, 0.05) is 5.92 Å². The second kappa shape index (κ2) is 7.77. The van der Waals surface area contributed by atoms with Crippen molar-refractivity contribution in [2.45, 2.75) is 32.6 Å². The highest BCUT2D eigenvalue weighted by molar-refractivity contribution is 7.50. The summed E-state index contributed by atoms with van der Waals surface area (Å²) in [5, 5.41) is 1.55. The summed E-state index contributed by atoms with van der Waals surface area (Å²) in [6.45, 7) is 4.52. The van der Waals surface area contributed by atoms with E-state index in [1.165, 1.54) is 57.1 Å². The molecule has 0 bridgehead atoms. The molecular weight excluding hydrogens is 367 g/mol. The van der Waals surface area contributed by atoms with Crippen LogP contribution in [0.3, 0.4) is 0 Å². The van der Waals surface area contributed by atoms with E-state index in [0.29, 0.717) is 5.92 Å². The molecule has 5 rings (SSSR count). The van der Waals surface area contributed by atoms with E-state index in [2.05, 4.69) is 92.7 Å². The van der Waals surface area contributed by atoms with E-state index in [9.17, 15) is 0 Å². The molecule has 144 valence electrons. The van der Waals surface area contributed by atoms with Crippen LogP contribution in [0, 0.1) is 0 Å². The first-order valence-electron chi connectivity index (χ1n) is 10.7. The molecule has 2 atom stereocenters. The molecule has 0 saturated carbocycles. The van der Waals surface area contributed by atoms with E-state index in [4.69, 9.17) is 0 Å². The largest absolute Gasteiger partial charge is 0.0901 e. The summed E-state index contributed by atoms with van der Waals surface area (Å²) in [7, 11) is 0.909. The van der Waals surface area contributed by atoms with Gasteiger partial charge in [0.1, 0.15) is 0 Å². The Morgan fingerprint density at radius 2 is 1.76 bits per heavy atom. The summed E-state index contributed by atoms with van der Waals surface area (Å²) in [6, 6.07) is 25.0. The zero-order chi connectivity index (χ0) is 19.8. The third-order valence-corrected chi connectivity index (χ3v) is 7.66. The van der Waals surface area contributed by atoms with E-state index in [1.54, 1.807) is 5.31 Å². The third kappa shape index (κ3) is 3.41. The summed E-state index contributed by atoms with van der Waals surface area (Å²) < 4.78 is 0. The Morgan fingerprint density at radius 1 is 0.931 bits per heavy atom. The standard InChI is InChI=1S/C28H27P/c1-3-14-29-28-18-27(24-11-4-5-12-25(24)28)22-9-6-8-21(17-22)23-13-7-10-20-15-19(2)16-26(20)23/h4-13,16-18,27,29H,3,14-15H2,1-2H3. The number of allylic oxidation sites excluding steroid dienone is 2. The maximum atomic E-state index is 2.53. The lowest BCUT2D eigenvalue weighted by Crippen LogP contribution is -1.96. The highest BCUT2D eigenvalue weighted by Gasteiger charge is 2.24. The summed E-state index contributed by atoms with van der Waals surface area (Å²) in [5.41, 5.74) is 11.4. The Balaban J connectivity index is 1.56. The molecule has 0 nitrogen and oxygen atoms in total. The van der Waals surface area contributed by atoms with Crippen molar-refractivity contribution < 1.29 is 0 Å². The van der Waals surface area contributed by atoms with Crippen molar-refractivity contribution in [3.8, 4) is 11.1 Å². The third-order valence-electron chi connectivity index (χ3n) is 6.10.